The van der Waals surface area contributed by atoms with Crippen molar-refractivity contribution in [3.05, 3.63) is 53.0 Å². The second kappa shape index (κ2) is 9.64. The SMILES string of the molecule is O=C(C1CCC(NC2CC2)CC1)N1CCC(O)(Cn2cnc3c(cnn3-c3ccc(F)cc3)c2=O)CC1. The van der Waals surface area contributed by atoms with E-state index in [1.54, 1.807) is 12.1 Å². The highest BCUT2D eigenvalue weighted by molar-refractivity contribution is 5.79. The van der Waals surface area contributed by atoms with Crippen LogP contribution in [-0.2, 0) is 11.3 Å². The Bertz CT molecular complexity index is 1330. The molecule has 0 spiro atoms. The molecule has 2 N–H and O–H groups in total. The molecule has 3 aromatic rings. The van der Waals surface area contributed by atoms with Gasteiger partial charge in [-0.15, -0.1) is 0 Å². The van der Waals surface area contributed by atoms with Gasteiger partial charge in [0, 0.05) is 31.1 Å². The monoisotopic (exact) mass is 508 g/mol. The molecule has 10 heteroatoms. The van der Waals surface area contributed by atoms with Gasteiger partial charge in [0.1, 0.15) is 17.5 Å². The molecular weight excluding hydrogens is 475 g/mol. The van der Waals surface area contributed by atoms with E-state index in [-0.39, 0.29) is 29.7 Å². The van der Waals surface area contributed by atoms with Gasteiger partial charge in [-0.2, -0.15) is 5.10 Å². The van der Waals surface area contributed by atoms with E-state index in [2.05, 4.69) is 15.4 Å². The molecule has 9 nitrogen and oxygen atoms in total. The van der Waals surface area contributed by atoms with Gasteiger partial charge in [-0.25, -0.2) is 14.1 Å². The predicted octanol–water partition coefficient (Wildman–Crippen LogP) is 2.39. The van der Waals surface area contributed by atoms with Gasteiger partial charge in [-0.05, 0) is 75.6 Å². The Morgan fingerprint density at radius 1 is 1.05 bits per heavy atom. The van der Waals surface area contributed by atoms with E-state index in [1.807, 2.05) is 4.90 Å². The van der Waals surface area contributed by atoms with Crippen molar-refractivity contribution in [3.63, 3.8) is 0 Å². The van der Waals surface area contributed by atoms with Crippen LogP contribution in [0.1, 0.15) is 51.4 Å². The number of aromatic nitrogens is 4. The number of fused-ring (bicyclic) bond motifs is 1. The lowest BCUT2D eigenvalue weighted by atomic mass is 9.84. The molecule has 0 atom stereocenters. The van der Waals surface area contributed by atoms with Gasteiger partial charge in [-0.3, -0.25) is 14.2 Å². The Morgan fingerprint density at radius 2 is 1.70 bits per heavy atom. The Kier molecular flexibility index (Phi) is 6.32. The summed E-state index contributed by atoms with van der Waals surface area (Å²) in [5, 5.41) is 19.6. The number of rotatable bonds is 6. The quantitative estimate of drug-likeness (QED) is 0.530. The van der Waals surface area contributed by atoms with Crippen molar-refractivity contribution < 1.29 is 14.3 Å². The number of aliphatic hydroxyl groups is 1. The minimum Gasteiger partial charge on any atom is -0.388 e. The molecule has 2 aromatic heterocycles. The van der Waals surface area contributed by atoms with E-state index >= 15 is 0 Å². The first kappa shape index (κ1) is 24.2. The number of amides is 1. The summed E-state index contributed by atoms with van der Waals surface area (Å²) in [5.74, 6) is -0.0687. The molecule has 1 aromatic carbocycles. The van der Waals surface area contributed by atoms with Crippen molar-refractivity contribution in [1.29, 1.82) is 0 Å². The van der Waals surface area contributed by atoms with Crippen molar-refractivity contribution in [2.75, 3.05) is 13.1 Å². The molecule has 37 heavy (non-hydrogen) atoms. The van der Waals surface area contributed by atoms with Crippen molar-refractivity contribution in [2.24, 2.45) is 5.92 Å². The Hall–Kier alpha value is -3.11. The molecule has 1 aliphatic heterocycles. The number of nitrogens with zero attached hydrogens (tertiary/aromatic N) is 5. The van der Waals surface area contributed by atoms with Gasteiger partial charge in [0.2, 0.25) is 5.91 Å². The Labute approximate surface area is 214 Å². The van der Waals surface area contributed by atoms with Crippen LogP contribution in [0.5, 0.6) is 0 Å². The molecule has 0 unspecified atom stereocenters. The maximum Gasteiger partial charge on any atom is 0.264 e. The number of hydrogen-bond acceptors (Lipinski definition) is 6. The van der Waals surface area contributed by atoms with E-state index in [1.165, 1.54) is 46.7 Å². The molecule has 3 aliphatic rings. The van der Waals surface area contributed by atoms with Crippen LogP contribution in [-0.4, -0.2) is 66.0 Å². The number of hydrogen-bond donors (Lipinski definition) is 2. The highest BCUT2D eigenvalue weighted by atomic mass is 19.1. The van der Waals surface area contributed by atoms with Crippen LogP contribution >= 0.6 is 0 Å². The van der Waals surface area contributed by atoms with Crippen LogP contribution in [0.2, 0.25) is 0 Å². The molecule has 3 heterocycles. The number of piperidine rings is 1. The van der Waals surface area contributed by atoms with Crippen molar-refractivity contribution in [2.45, 2.75) is 75.6 Å². The first-order valence-corrected chi connectivity index (χ1v) is 13.3. The highest BCUT2D eigenvalue weighted by Gasteiger charge is 2.38. The molecule has 3 fully saturated rings. The maximum atomic E-state index is 13.3. The smallest absolute Gasteiger partial charge is 0.264 e. The first-order chi connectivity index (χ1) is 17.9. The fraction of sp³-hybridized carbons (Fsp3) is 0.556. The third kappa shape index (κ3) is 5.04. The summed E-state index contributed by atoms with van der Waals surface area (Å²) >= 11 is 0. The topological polar surface area (TPSA) is 105 Å². The van der Waals surface area contributed by atoms with Crippen LogP contribution in [0.4, 0.5) is 4.39 Å². The summed E-state index contributed by atoms with van der Waals surface area (Å²) in [6, 6.07) is 7.05. The molecule has 2 saturated carbocycles. The maximum absolute atomic E-state index is 13.3. The first-order valence-electron chi connectivity index (χ1n) is 13.3. The van der Waals surface area contributed by atoms with E-state index in [9.17, 15) is 19.1 Å². The number of carbonyl (C=O) groups excluding carboxylic acids is 1. The van der Waals surface area contributed by atoms with Gasteiger partial charge in [0.05, 0.1) is 24.0 Å². The van der Waals surface area contributed by atoms with Crippen molar-refractivity contribution in [3.8, 4) is 5.69 Å². The van der Waals surface area contributed by atoms with E-state index in [0.29, 0.717) is 54.7 Å². The second-order valence-corrected chi connectivity index (χ2v) is 11.0. The summed E-state index contributed by atoms with van der Waals surface area (Å²) in [5.41, 5.74) is -0.400. The zero-order valence-corrected chi connectivity index (χ0v) is 20.9. The summed E-state index contributed by atoms with van der Waals surface area (Å²) in [4.78, 5) is 32.6. The van der Waals surface area contributed by atoms with Crippen LogP contribution in [0.25, 0.3) is 16.7 Å². The molecule has 6 rings (SSSR count). The van der Waals surface area contributed by atoms with Crippen molar-refractivity contribution in [1.82, 2.24) is 29.5 Å². The average Bonchev–Trinajstić information content (AvgIpc) is 3.61. The summed E-state index contributed by atoms with van der Waals surface area (Å²) in [7, 11) is 0. The van der Waals surface area contributed by atoms with Gasteiger partial charge in [0.15, 0.2) is 5.65 Å². The van der Waals surface area contributed by atoms with Gasteiger partial charge < -0.3 is 15.3 Å². The summed E-state index contributed by atoms with van der Waals surface area (Å²) in [6.45, 7) is 1.08. The third-order valence-corrected chi connectivity index (χ3v) is 8.22. The van der Waals surface area contributed by atoms with Crippen LogP contribution in [0, 0.1) is 11.7 Å². The number of halogens is 1. The zero-order valence-electron chi connectivity index (χ0n) is 20.9. The van der Waals surface area contributed by atoms with Gasteiger partial charge >= 0.3 is 0 Å². The molecule has 196 valence electrons. The summed E-state index contributed by atoms with van der Waals surface area (Å²) in [6.07, 6.45) is 10.2. The fourth-order valence-corrected chi connectivity index (χ4v) is 5.80. The highest BCUT2D eigenvalue weighted by Crippen LogP contribution is 2.31. The van der Waals surface area contributed by atoms with E-state index < -0.39 is 5.60 Å². The molecule has 0 radical (unpaired) electrons. The van der Waals surface area contributed by atoms with Crippen LogP contribution in [0.3, 0.4) is 0 Å². The molecule has 0 bridgehead atoms. The second-order valence-electron chi connectivity index (χ2n) is 11.0. The molecule has 2 aliphatic carbocycles. The fourth-order valence-electron chi connectivity index (χ4n) is 5.80. The zero-order chi connectivity index (χ0) is 25.6. The standard InChI is InChI=1S/C27H33FN6O3/c28-19-3-9-22(10-4-19)34-24-23(15-30-34)26(36)33(17-29-24)16-27(37)11-13-32(14-12-27)25(35)18-1-5-20(6-2-18)31-21-7-8-21/h3-4,9-10,15,17-18,20-21,31,37H,1-2,5-8,11-14,16H2. The normalized spacial score (nSPS) is 23.9. The number of nitrogens with one attached hydrogen (secondary N) is 1. The largest absolute Gasteiger partial charge is 0.388 e. The number of benzene rings is 1. The van der Waals surface area contributed by atoms with Crippen LogP contribution in [0.15, 0.2) is 41.6 Å². The van der Waals surface area contributed by atoms with Gasteiger partial charge in [0.25, 0.3) is 5.56 Å². The lowest BCUT2D eigenvalue weighted by Crippen LogP contribution is -2.51. The Morgan fingerprint density at radius 3 is 2.35 bits per heavy atom. The minimum absolute atomic E-state index is 0.0790. The number of likely N-dealkylation sites (tertiary alicyclic amines) is 1. The molecule has 1 amide bonds. The lowest BCUT2D eigenvalue weighted by molar-refractivity contribution is -0.141. The summed E-state index contributed by atoms with van der Waals surface area (Å²) < 4.78 is 16.2. The lowest BCUT2D eigenvalue weighted by Gasteiger charge is -2.40. The minimum atomic E-state index is -1.09. The van der Waals surface area contributed by atoms with E-state index in [4.69, 9.17) is 0 Å². The van der Waals surface area contributed by atoms with E-state index in [0.717, 1.165) is 25.7 Å². The Balaban J connectivity index is 1.08. The molecular formula is C27H33FN6O3. The average molecular weight is 509 g/mol. The van der Waals surface area contributed by atoms with Crippen LogP contribution < -0.4 is 10.9 Å². The third-order valence-electron chi connectivity index (χ3n) is 8.22. The van der Waals surface area contributed by atoms with Gasteiger partial charge in [-0.1, -0.05) is 0 Å². The predicted molar refractivity (Wildman–Crippen MR) is 136 cm³/mol. The molecule has 1 saturated heterocycles. The number of carbonyl (C=O) groups is 1. The van der Waals surface area contributed by atoms with Crippen molar-refractivity contribution >= 4 is 16.9 Å².